The smallest absolute Gasteiger partial charge is 0.239 e. The van der Waals surface area contributed by atoms with Gasteiger partial charge in [-0.3, -0.25) is 4.79 Å². The molecule has 0 aliphatic heterocycles. The molecule has 0 bridgehead atoms. The summed E-state index contributed by atoms with van der Waals surface area (Å²) < 4.78 is 26.0. The van der Waals surface area contributed by atoms with Crippen LogP contribution in [0, 0.1) is 6.92 Å². The van der Waals surface area contributed by atoms with E-state index in [-0.39, 0.29) is 19.0 Å². The Balaban J connectivity index is 2.06. The maximum absolute atomic E-state index is 12.2. The SMILES string of the molecule is Cc1ccc(CN(CC(=O)Nc2ccc(Br)cc2)S(C)(=O)=O)cc1. The number of halogens is 1. The van der Waals surface area contributed by atoms with Gasteiger partial charge >= 0.3 is 0 Å². The fourth-order valence-corrected chi connectivity index (χ4v) is 3.08. The van der Waals surface area contributed by atoms with Crippen LogP contribution in [-0.2, 0) is 21.4 Å². The second kappa shape index (κ2) is 7.92. The van der Waals surface area contributed by atoms with E-state index in [1.807, 2.05) is 31.2 Å². The lowest BCUT2D eigenvalue weighted by Crippen LogP contribution is -2.36. The number of nitrogens with zero attached hydrogens (tertiary/aromatic N) is 1. The van der Waals surface area contributed by atoms with Gasteiger partial charge in [0.05, 0.1) is 12.8 Å². The quantitative estimate of drug-likeness (QED) is 0.794. The predicted octanol–water partition coefficient (Wildman–Crippen LogP) is 3.16. The lowest BCUT2D eigenvalue weighted by Gasteiger charge is -2.19. The maximum atomic E-state index is 12.2. The molecule has 128 valence electrons. The second-order valence-corrected chi connectivity index (χ2v) is 8.47. The van der Waals surface area contributed by atoms with Crippen LogP contribution in [0.4, 0.5) is 5.69 Å². The fourth-order valence-electron chi connectivity index (χ4n) is 2.08. The van der Waals surface area contributed by atoms with Crippen molar-refractivity contribution in [3.63, 3.8) is 0 Å². The van der Waals surface area contributed by atoms with Gasteiger partial charge in [-0.1, -0.05) is 45.8 Å². The Labute approximate surface area is 150 Å². The van der Waals surface area contributed by atoms with Gasteiger partial charge in [0.25, 0.3) is 0 Å². The molecule has 0 aromatic heterocycles. The standard InChI is InChI=1S/C17H19BrN2O3S/c1-13-3-5-14(6-4-13)11-20(24(2,22)23)12-17(21)19-16-9-7-15(18)8-10-16/h3-10H,11-12H2,1-2H3,(H,19,21). The number of carbonyl (C=O) groups excluding carboxylic acids is 1. The van der Waals surface area contributed by atoms with E-state index in [2.05, 4.69) is 21.2 Å². The van der Waals surface area contributed by atoms with E-state index in [4.69, 9.17) is 0 Å². The minimum absolute atomic E-state index is 0.160. The summed E-state index contributed by atoms with van der Waals surface area (Å²) in [4.78, 5) is 12.2. The van der Waals surface area contributed by atoms with Crippen molar-refractivity contribution in [2.24, 2.45) is 0 Å². The molecule has 7 heteroatoms. The third kappa shape index (κ3) is 5.74. The number of benzene rings is 2. The summed E-state index contributed by atoms with van der Waals surface area (Å²) in [5.41, 5.74) is 2.55. The van der Waals surface area contributed by atoms with Crippen LogP contribution in [0.2, 0.25) is 0 Å². The van der Waals surface area contributed by atoms with Crippen molar-refractivity contribution in [3.05, 3.63) is 64.1 Å². The van der Waals surface area contributed by atoms with Crippen LogP contribution in [0.15, 0.2) is 53.0 Å². The van der Waals surface area contributed by atoms with E-state index in [0.29, 0.717) is 5.69 Å². The maximum Gasteiger partial charge on any atom is 0.239 e. The minimum atomic E-state index is -3.50. The Morgan fingerprint density at radius 3 is 2.21 bits per heavy atom. The second-order valence-electron chi connectivity index (χ2n) is 5.57. The fraction of sp³-hybridized carbons (Fsp3) is 0.235. The monoisotopic (exact) mass is 410 g/mol. The van der Waals surface area contributed by atoms with Crippen LogP contribution in [-0.4, -0.2) is 31.4 Å². The third-order valence-corrected chi connectivity index (χ3v) is 5.12. The minimum Gasteiger partial charge on any atom is -0.325 e. The lowest BCUT2D eigenvalue weighted by molar-refractivity contribution is -0.116. The van der Waals surface area contributed by atoms with Gasteiger partial charge in [0.2, 0.25) is 15.9 Å². The third-order valence-electron chi connectivity index (χ3n) is 3.40. The molecule has 0 fully saturated rings. The first kappa shape index (κ1) is 18.6. The highest BCUT2D eigenvalue weighted by atomic mass is 79.9. The number of hydrogen-bond donors (Lipinski definition) is 1. The molecule has 0 atom stereocenters. The van der Waals surface area contributed by atoms with Gasteiger partial charge in [0.1, 0.15) is 0 Å². The molecule has 0 spiro atoms. The molecule has 2 aromatic carbocycles. The number of carbonyl (C=O) groups is 1. The van der Waals surface area contributed by atoms with Crippen molar-refractivity contribution in [3.8, 4) is 0 Å². The highest BCUT2D eigenvalue weighted by Crippen LogP contribution is 2.15. The number of amides is 1. The van der Waals surface area contributed by atoms with E-state index >= 15 is 0 Å². The van der Waals surface area contributed by atoms with E-state index in [0.717, 1.165) is 26.2 Å². The molecule has 0 aliphatic carbocycles. The Kier molecular flexibility index (Phi) is 6.15. The molecule has 0 saturated carbocycles. The molecule has 0 heterocycles. The predicted molar refractivity (Wildman–Crippen MR) is 99.2 cm³/mol. The molecule has 1 amide bonds. The number of rotatable bonds is 6. The molecule has 0 radical (unpaired) electrons. The van der Waals surface area contributed by atoms with Gasteiger partial charge in [0.15, 0.2) is 0 Å². The van der Waals surface area contributed by atoms with Gasteiger partial charge in [-0.2, -0.15) is 4.31 Å². The summed E-state index contributed by atoms with van der Waals surface area (Å²) in [6.07, 6.45) is 1.11. The van der Waals surface area contributed by atoms with Crippen molar-refractivity contribution < 1.29 is 13.2 Å². The molecule has 0 unspecified atom stereocenters. The van der Waals surface area contributed by atoms with Crippen LogP contribution in [0.5, 0.6) is 0 Å². The number of sulfonamides is 1. The molecular weight excluding hydrogens is 392 g/mol. The van der Waals surface area contributed by atoms with Crippen molar-refractivity contribution in [2.75, 3.05) is 18.1 Å². The first-order valence-corrected chi connectivity index (χ1v) is 9.94. The number of nitrogens with one attached hydrogen (secondary N) is 1. The van der Waals surface area contributed by atoms with E-state index in [1.54, 1.807) is 24.3 Å². The number of aryl methyl sites for hydroxylation is 1. The summed E-state index contributed by atoms with van der Waals surface area (Å²) in [5, 5.41) is 2.70. The summed E-state index contributed by atoms with van der Waals surface area (Å²) in [7, 11) is -3.50. The summed E-state index contributed by atoms with van der Waals surface area (Å²) in [6.45, 7) is 1.89. The van der Waals surface area contributed by atoms with Crippen LogP contribution in [0.3, 0.4) is 0 Å². The van der Waals surface area contributed by atoms with Gasteiger partial charge in [-0.15, -0.1) is 0 Å². The number of hydrogen-bond acceptors (Lipinski definition) is 3. The largest absolute Gasteiger partial charge is 0.325 e. The molecule has 24 heavy (non-hydrogen) atoms. The molecule has 2 aromatic rings. The zero-order valence-corrected chi connectivity index (χ0v) is 15.9. The van der Waals surface area contributed by atoms with Crippen molar-refractivity contribution in [1.29, 1.82) is 0 Å². The first-order valence-electron chi connectivity index (χ1n) is 7.30. The molecular formula is C17H19BrN2O3S. The van der Waals surface area contributed by atoms with Crippen LogP contribution < -0.4 is 5.32 Å². The topological polar surface area (TPSA) is 66.5 Å². The Hall–Kier alpha value is -1.70. The van der Waals surface area contributed by atoms with Gasteiger partial charge in [-0.25, -0.2) is 8.42 Å². The normalized spacial score (nSPS) is 11.5. The molecule has 1 N–H and O–H groups in total. The Morgan fingerprint density at radius 1 is 1.08 bits per heavy atom. The molecule has 0 aliphatic rings. The van der Waals surface area contributed by atoms with E-state index in [9.17, 15) is 13.2 Å². The average molecular weight is 411 g/mol. The number of anilines is 1. The average Bonchev–Trinajstić information content (AvgIpc) is 2.50. The Morgan fingerprint density at radius 2 is 1.67 bits per heavy atom. The Bertz CT molecular complexity index is 803. The highest BCUT2D eigenvalue weighted by Gasteiger charge is 2.20. The van der Waals surface area contributed by atoms with Gasteiger partial charge < -0.3 is 5.32 Å². The lowest BCUT2D eigenvalue weighted by atomic mass is 10.1. The van der Waals surface area contributed by atoms with Crippen LogP contribution in [0.25, 0.3) is 0 Å². The molecule has 2 rings (SSSR count). The zero-order valence-electron chi connectivity index (χ0n) is 13.5. The van der Waals surface area contributed by atoms with Crippen molar-refractivity contribution in [2.45, 2.75) is 13.5 Å². The van der Waals surface area contributed by atoms with E-state index < -0.39 is 10.0 Å². The van der Waals surface area contributed by atoms with Crippen molar-refractivity contribution >= 4 is 37.5 Å². The van der Waals surface area contributed by atoms with Crippen LogP contribution >= 0.6 is 15.9 Å². The molecule has 5 nitrogen and oxygen atoms in total. The zero-order chi connectivity index (χ0) is 17.7. The molecule has 0 saturated heterocycles. The van der Waals surface area contributed by atoms with Crippen molar-refractivity contribution in [1.82, 2.24) is 4.31 Å². The summed E-state index contributed by atoms with van der Waals surface area (Å²) in [6, 6.07) is 14.6. The van der Waals surface area contributed by atoms with E-state index in [1.165, 1.54) is 0 Å². The van der Waals surface area contributed by atoms with Gasteiger partial charge in [0, 0.05) is 16.7 Å². The summed E-state index contributed by atoms with van der Waals surface area (Å²) >= 11 is 3.32. The highest BCUT2D eigenvalue weighted by molar-refractivity contribution is 9.10. The first-order chi connectivity index (χ1) is 11.2. The van der Waals surface area contributed by atoms with Gasteiger partial charge in [-0.05, 0) is 36.8 Å². The summed E-state index contributed by atoms with van der Waals surface area (Å²) in [5.74, 6) is -0.380. The van der Waals surface area contributed by atoms with Crippen LogP contribution in [0.1, 0.15) is 11.1 Å².